The van der Waals surface area contributed by atoms with Gasteiger partial charge in [0.05, 0.1) is 30.9 Å². The normalized spacial score (nSPS) is 17.0. The maximum Gasteiger partial charge on any atom is 0.250 e. The van der Waals surface area contributed by atoms with Gasteiger partial charge in [-0.1, -0.05) is 31.2 Å². The first-order valence-electron chi connectivity index (χ1n) is 9.44. The average Bonchev–Trinajstić information content (AvgIpc) is 3.13. The maximum absolute atomic E-state index is 12.9. The summed E-state index contributed by atoms with van der Waals surface area (Å²) in [4.78, 5) is 0. The number of hydrogen-bond acceptors (Lipinski definition) is 6. The highest BCUT2D eigenvalue weighted by Gasteiger charge is 2.36. The molecule has 0 saturated carbocycles. The molecule has 0 bridgehead atoms. The molecule has 2 aromatic carbocycles. The van der Waals surface area contributed by atoms with Gasteiger partial charge in [-0.05, 0) is 41.8 Å². The van der Waals surface area contributed by atoms with Crippen LogP contribution < -0.4 is 9.46 Å². The van der Waals surface area contributed by atoms with E-state index < -0.39 is 26.1 Å². The van der Waals surface area contributed by atoms with Crippen LogP contribution in [0.4, 0.5) is 5.69 Å². The average molecular weight is 452 g/mol. The number of sulfonamides is 2. The Hall–Kier alpha value is -2.59. The van der Waals surface area contributed by atoms with Crippen molar-refractivity contribution in [2.24, 2.45) is 5.10 Å². The summed E-state index contributed by atoms with van der Waals surface area (Å²) in [6.45, 7) is 1.81. The second-order valence-electron chi connectivity index (χ2n) is 7.08. The molecule has 0 unspecified atom stereocenters. The lowest BCUT2D eigenvalue weighted by Crippen LogP contribution is -2.29. The van der Waals surface area contributed by atoms with Crippen LogP contribution in [0.1, 0.15) is 36.9 Å². The molecule has 0 amide bonds. The fourth-order valence-corrected chi connectivity index (χ4v) is 5.39. The number of ether oxygens (including phenoxy) is 1. The van der Waals surface area contributed by atoms with E-state index in [0.29, 0.717) is 35.6 Å². The van der Waals surface area contributed by atoms with Crippen molar-refractivity contribution in [3.63, 3.8) is 0 Å². The Balaban J connectivity index is 1.99. The van der Waals surface area contributed by atoms with Gasteiger partial charge in [0.1, 0.15) is 5.75 Å². The van der Waals surface area contributed by atoms with Crippen LogP contribution in [0, 0.1) is 0 Å². The number of hydrogen-bond donors (Lipinski definition) is 1. The number of rotatable bonds is 8. The summed E-state index contributed by atoms with van der Waals surface area (Å²) in [5, 5.41) is 4.44. The molecular weight excluding hydrogens is 426 g/mol. The summed E-state index contributed by atoms with van der Waals surface area (Å²) in [7, 11) is -5.46. The molecule has 1 aliphatic heterocycles. The topological polar surface area (TPSA) is 105 Å². The number of methoxy groups -OCH3 is 1. The van der Waals surface area contributed by atoms with Crippen LogP contribution in [0.25, 0.3) is 0 Å². The Kier molecular flexibility index (Phi) is 6.37. The molecule has 1 atom stereocenters. The molecule has 0 saturated heterocycles. The van der Waals surface area contributed by atoms with E-state index in [0.717, 1.165) is 11.8 Å². The van der Waals surface area contributed by atoms with Gasteiger partial charge in [-0.15, -0.1) is 0 Å². The molecule has 1 N–H and O–H groups in total. The zero-order valence-corrected chi connectivity index (χ0v) is 18.7. The van der Waals surface area contributed by atoms with Gasteiger partial charge >= 0.3 is 0 Å². The highest BCUT2D eigenvalue weighted by atomic mass is 32.2. The van der Waals surface area contributed by atoms with Gasteiger partial charge in [0, 0.05) is 12.1 Å². The van der Waals surface area contributed by atoms with Crippen LogP contribution in [0.2, 0.25) is 0 Å². The van der Waals surface area contributed by atoms with Crippen molar-refractivity contribution in [3.8, 4) is 5.75 Å². The molecule has 10 heteroatoms. The summed E-state index contributed by atoms with van der Waals surface area (Å²) in [6.07, 6.45) is 1.93. The molecule has 2 aromatic rings. The SMILES string of the molecule is CCCS(=O)(=O)N1N=C(c2cccc(NS(C)(=O)=O)c2)C[C@H]1c1ccc(OC)cc1. The second kappa shape index (κ2) is 8.65. The van der Waals surface area contributed by atoms with Crippen molar-refractivity contribution in [2.75, 3.05) is 23.8 Å². The predicted molar refractivity (Wildman–Crippen MR) is 118 cm³/mol. The standard InChI is InChI=1S/C20H25N3O5S2/c1-4-12-30(26,27)23-20(15-8-10-18(28-2)11-9-15)14-19(21-23)16-6-5-7-17(13-16)22-29(3,24)25/h5-11,13,20,22H,4,12,14H2,1-3H3/t20-/m0/s1. The van der Waals surface area contributed by atoms with Crippen LogP contribution in [0.3, 0.4) is 0 Å². The number of nitrogens with zero attached hydrogens (tertiary/aromatic N) is 2. The summed E-state index contributed by atoms with van der Waals surface area (Å²) in [5.41, 5.74) is 2.44. The molecule has 162 valence electrons. The number of hydrazone groups is 1. The van der Waals surface area contributed by atoms with E-state index in [-0.39, 0.29) is 5.75 Å². The Morgan fingerprint density at radius 3 is 2.43 bits per heavy atom. The highest BCUT2D eigenvalue weighted by Crippen LogP contribution is 2.36. The molecule has 1 aliphatic rings. The molecule has 1 heterocycles. The Bertz CT molecular complexity index is 1140. The highest BCUT2D eigenvalue weighted by molar-refractivity contribution is 7.92. The summed E-state index contributed by atoms with van der Waals surface area (Å²) < 4.78 is 57.6. The minimum atomic E-state index is -3.60. The van der Waals surface area contributed by atoms with Gasteiger partial charge in [-0.3, -0.25) is 4.72 Å². The third kappa shape index (κ3) is 5.11. The van der Waals surface area contributed by atoms with Crippen LogP contribution in [0.15, 0.2) is 53.6 Å². The monoisotopic (exact) mass is 451 g/mol. The lowest BCUT2D eigenvalue weighted by Gasteiger charge is -2.23. The van der Waals surface area contributed by atoms with E-state index in [1.807, 2.05) is 12.1 Å². The molecule has 0 spiro atoms. The molecule has 30 heavy (non-hydrogen) atoms. The maximum atomic E-state index is 12.9. The van der Waals surface area contributed by atoms with Crippen LogP contribution in [-0.4, -0.2) is 46.1 Å². The lowest BCUT2D eigenvalue weighted by molar-refractivity contribution is 0.370. The molecule has 3 rings (SSSR count). The van der Waals surface area contributed by atoms with Gasteiger partial charge in [0.25, 0.3) is 0 Å². The molecule has 0 aliphatic carbocycles. The lowest BCUT2D eigenvalue weighted by atomic mass is 9.99. The molecule has 8 nitrogen and oxygen atoms in total. The van der Waals surface area contributed by atoms with Gasteiger partial charge in [0.15, 0.2) is 0 Å². The fourth-order valence-electron chi connectivity index (χ4n) is 3.32. The summed E-state index contributed by atoms with van der Waals surface area (Å²) in [6, 6.07) is 13.5. The van der Waals surface area contributed by atoms with Crippen LogP contribution in [-0.2, 0) is 20.0 Å². The molecule has 0 fully saturated rings. The smallest absolute Gasteiger partial charge is 0.250 e. The third-order valence-corrected chi connectivity index (χ3v) is 7.06. The van der Waals surface area contributed by atoms with Crippen LogP contribution in [0.5, 0.6) is 5.75 Å². The molecule has 0 aromatic heterocycles. The van der Waals surface area contributed by atoms with Gasteiger partial charge in [-0.2, -0.15) is 9.52 Å². The Labute approximate surface area is 177 Å². The van der Waals surface area contributed by atoms with Crippen molar-refractivity contribution in [1.82, 2.24) is 4.41 Å². The fraction of sp³-hybridized carbons (Fsp3) is 0.350. The van der Waals surface area contributed by atoms with E-state index in [9.17, 15) is 16.8 Å². The summed E-state index contributed by atoms with van der Waals surface area (Å²) >= 11 is 0. The van der Waals surface area contributed by atoms with E-state index in [1.165, 1.54) is 4.41 Å². The zero-order valence-electron chi connectivity index (χ0n) is 17.1. The van der Waals surface area contributed by atoms with Crippen molar-refractivity contribution in [2.45, 2.75) is 25.8 Å². The number of anilines is 1. The third-order valence-electron chi connectivity index (χ3n) is 4.62. The van der Waals surface area contributed by atoms with E-state index in [1.54, 1.807) is 50.4 Å². The van der Waals surface area contributed by atoms with E-state index >= 15 is 0 Å². The largest absolute Gasteiger partial charge is 0.497 e. The Morgan fingerprint density at radius 1 is 1.13 bits per heavy atom. The number of nitrogens with one attached hydrogen (secondary N) is 1. The second-order valence-corrected chi connectivity index (χ2v) is 10.8. The predicted octanol–water partition coefficient (Wildman–Crippen LogP) is 2.96. The van der Waals surface area contributed by atoms with E-state index in [2.05, 4.69) is 9.82 Å². The number of benzene rings is 2. The van der Waals surface area contributed by atoms with Gasteiger partial charge in [0.2, 0.25) is 20.0 Å². The first-order valence-corrected chi connectivity index (χ1v) is 12.9. The van der Waals surface area contributed by atoms with Crippen molar-refractivity contribution >= 4 is 31.4 Å². The minimum absolute atomic E-state index is 0.00783. The minimum Gasteiger partial charge on any atom is -0.497 e. The quantitative estimate of drug-likeness (QED) is 0.664. The van der Waals surface area contributed by atoms with Crippen molar-refractivity contribution in [3.05, 3.63) is 59.7 Å². The first kappa shape index (κ1) is 22.1. The zero-order chi connectivity index (χ0) is 21.9. The first-order chi connectivity index (χ1) is 14.1. The van der Waals surface area contributed by atoms with Crippen LogP contribution >= 0.6 is 0 Å². The van der Waals surface area contributed by atoms with Gasteiger partial charge < -0.3 is 4.74 Å². The van der Waals surface area contributed by atoms with Crippen molar-refractivity contribution < 1.29 is 21.6 Å². The molecular formula is C20H25N3O5S2. The molecule has 0 radical (unpaired) electrons. The van der Waals surface area contributed by atoms with Gasteiger partial charge in [-0.25, -0.2) is 16.8 Å². The van der Waals surface area contributed by atoms with Crippen molar-refractivity contribution in [1.29, 1.82) is 0 Å². The summed E-state index contributed by atoms with van der Waals surface area (Å²) in [5.74, 6) is 0.673. The Morgan fingerprint density at radius 2 is 1.83 bits per heavy atom. The van der Waals surface area contributed by atoms with E-state index in [4.69, 9.17) is 4.74 Å².